The van der Waals surface area contributed by atoms with Crippen molar-refractivity contribution in [3.8, 4) is 11.5 Å². The highest BCUT2D eigenvalue weighted by molar-refractivity contribution is 6.10. The number of aromatic nitrogens is 2. The molecule has 2 aliphatic rings. The Labute approximate surface area is 180 Å². The van der Waals surface area contributed by atoms with Gasteiger partial charge in [0, 0.05) is 5.92 Å². The van der Waals surface area contributed by atoms with Crippen molar-refractivity contribution in [1.29, 1.82) is 0 Å². The van der Waals surface area contributed by atoms with Gasteiger partial charge in [-0.05, 0) is 31.4 Å². The predicted molar refractivity (Wildman–Crippen MR) is 113 cm³/mol. The smallest absolute Gasteiger partial charge is 0.325 e. The molecule has 9 nitrogen and oxygen atoms in total. The zero-order valence-corrected chi connectivity index (χ0v) is 18.0. The van der Waals surface area contributed by atoms with Gasteiger partial charge in [0.2, 0.25) is 5.91 Å². The Morgan fingerprint density at radius 2 is 2.00 bits per heavy atom. The average Bonchev–Trinajstić information content (AvgIpc) is 3.31. The first-order chi connectivity index (χ1) is 14.8. The van der Waals surface area contributed by atoms with Gasteiger partial charge in [0.1, 0.15) is 12.1 Å². The van der Waals surface area contributed by atoms with Crippen LogP contribution in [0.3, 0.4) is 0 Å². The first-order valence-electron chi connectivity index (χ1n) is 10.7. The van der Waals surface area contributed by atoms with Gasteiger partial charge in [-0.15, -0.1) is 0 Å². The van der Waals surface area contributed by atoms with Gasteiger partial charge < -0.3 is 15.2 Å². The van der Waals surface area contributed by atoms with Gasteiger partial charge in [-0.3, -0.25) is 14.5 Å². The van der Waals surface area contributed by atoms with Crippen LogP contribution >= 0.6 is 0 Å². The molecule has 0 unspecified atom stereocenters. The Kier molecular flexibility index (Phi) is 5.51. The van der Waals surface area contributed by atoms with Crippen LogP contribution in [0.4, 0.5) is 10.5 Å². The number of benzene rings is 1. The van der Waals surface area contributed by atoms with Crippen molar-refractivity contribution < 1.29 is 18.9 Å². The Bertz CT molecular complexity index is 1020. The van der Waals surface area contributed by atoms with E-state index in [1.807, 2.05) is 32.9 Å². The highest BCUT2D eigenvalue weighted by Gasteiger charge is 2.51. The molecule has 0 radical (unpaired) electrons. The topological polar surface area (TPSA) is 117 Å². The normalized spacial score (nSPS) is 18.0. The van der Waals surface area contributed by atoms with Crippen LogP contribution in [0.5, 0.6) is 0 Å². The number of rotatable bonds is 5. The maximum absolute atomic E-state index is 12.9. The molecule has 2 N–H and O–H groups in total. The second-order valence-electron chi connectivity index (χ2n) is 8.62. The summed E-state index contributed by atoms with van der Waals surface area (Å²) in [6.45, 7) is 5.43. The quantitative estimate of drug-likeness (QED) is 0.710. The summed E-state index contributed by atoms with van der Waals surface area (Å²) in [6.07, 6.45) is 4.07. The summed E-state index contributed by atoms with van der Waals surface area (Å²) in [4.78, 5) is 43.6. The summed E-state index contributed by atoms with van der Waals surface area (Å²) in [5.41, 5.74) is 1.07. The number of hydrogen-bond donors (Lipinski definition) is 2. The summed E-state index contributed by atoms with van der Waals surface area (Å²) >= 11 is 0. The van der Waals surface area contributed by atoms with Crippen LogP contribution in [0.15, 0.2) is 22.7 Å². The van der Waals surface area contributed by atoms with Crippen LogP contribution in [0.1, 0.15) is 63.3 Å². The lowest BCUT2D eigenvalue weighted by Gasteiger charge is -2.30. The fourth-order valence-electron chi connectivity index (χ4n) is 4.23. The molecule has 1 spiro atoms. The third-order valence-electron chi connectivity index (χ3n) is 5.98. The van der Waals surface area contributed by atoms with E-state index in [0.29, 0.717) is 35.8 Å². The molecule has 2 heterocycles. The van der Waals surface area contributed by atoms with E-state index in [2.05, 4.69) is 20.8 Å². The van der Waals surface area contributed by atoms with Gasteiger partial charge in [0.05, 0.1) is 11.3 Å². The van der Waals surface area contributed by atoms with E-state index in [-0.39, 0.29) is 18.4 Å². The Morgan fingerprint density at radius 3 is 2.68 bits per heavy atom. The highest BCUT2D eigenvalue weighted by Crippen LogP contribution is 2.34. The van der Waals surface area contributed by atoms with Crippen LogP contribution in [-0.4, -0.2) is 45.0 Å². The Morgan fingerprint density at radius 1 is 1.26 bits per heavy atom. The number of anilines is 1. The number of aryl methyl sites for hydroxylation is 1. The van der Waals surface area contributed by atoms with Crippen molar-refractivity contribution >= 4 is 23.5 Å². The minimum absolute atomic E-state index is 0.104. The summed E-state index contributed by atoms with van der Waals surface area (Å²) in [7, 11) is 0. The lowest BCUT2D eigenvalue weighted by molar-refractivity contribution is -0.134. The van der Waals surface area contributed by atoms with E-state index in [1.165, 1.54) is 0 Å². The Hall–Kier alpha value is -3.23. The Balaban J connectivity index is 1.53. The van der Waals surface area contributed by atoms with Crippen molar-refractivity contribution in [3.63, 3.8) is 0 Å². The monoisotopic (exact) mass is 425 g/mol. The molecular weight excluding hydrogens is 398 g/mol. The maximum Gasteiger partial charge on any atom is 0.325 e. The number of nitrogens with one attached hydrogen (secondary N) is 2. The third kappa shape index (κ3) is 3.92. The highest BCUT2D eigenvalue weighted by atomic mass is 16.5. The summed E-state index contributed by atoms with van der Waals surface area (Å²) in [6, 6.07) is 4.96. The largest absolute Gasteiger partial charge is 0.334 e. The van der Waals surface area contributed by atoms with Crippen LogP contribution in [0.2, 0.25) is 0 Å². The van der Waals surface area contributed by atoms with Crippen molar-refractivity contribution in [2.24, 2.45) is 0 Å². The molecule has 9 heteroatoms. The number of imide groups is 1. The van der Waals surface area contributed by atoms with Gasteiger partial charge in [-0.1, -0.05) is 50.4 Å². The standard InChI is InChI=1S/C22H27N5O4/c1-13(2)18-24-19(31-26-18)15-9-7-8-14(3)17(15)23-16(28)12-27-20(29)22(25-21(27)30)10-5-4-6-11-22/h7-9,13H,4-6,10-12H2,1-3H3,(H,23,28)(H,25,30). The summed E-state index contributed by atoms with van der Waals surface area (Å²) < 4.78 is 5.39. The number of amides is 4. The molecule has 1 aromatic carbocycles. The van der Waals surface area contributed by atoms with Crippen LogP contribution in [0.25, 0.3) is 11.5 Å². The molecule has 0 atom stereocenters. The molecule has 31 heavy (non-hydrogen) atoms. The second kappa shape index (κ2) is 8.13. The summed E-state index contributed by atoms with van der Waals surface area (Å²) in [5, 5.41) is 9.65. The minimum Gasteiger partial charge on any atom is -0.334 e. The molecular formula is C22H27N5O4. The number of nitrogens with zero attached hydrogens (tertiary/aromatic N) is 3. The first kappa shape index (κ1) is 21.0. The first-order valence-corrected chi connectivity index (χ1v) is 10.7. The lowest BCUT2D eigenvalue weighted by atomic mass is 9.82. The SMILES string of the molecule is Cc1cccc(-c2nc(C(C)C)no2)c1NC(=O)CN1C(=O)NC2(CCCCC2)C1=O. The van der Waals surface area contributed by atoms with E-state index >= 15 is 0 Å². The van der Waals surface area contributed by atoms with Gasteiger partial charge in [0.25, 0.3) is 11.8 Å². The second-order valence-corrected chi connectivity index (χ2v) is 8.62. The molecule has 4 rings (SSSR count). The minimum atomic E-state index is -0.847. The molecule has 4 amide bonds. The molecule has 2 fully saturated rings. The zero-order chi connectivity index (χ0) is 22.2. The predicted octanol–water partition coefficient (Wildman–Crippen LogP) is 3.36. The molecule has 164 valence electrons. The molecule has 1 aromatic heterocycles. The lowest BCUT2D eigenvalue weighted by Crippen LogP contribution is -2.48. The van der Waals surface area contributed by atoms with Crippen LogP contribution in [0, 0.1) is 6.92 Å². The van der Waals surface area contributed by atoms with Gasteiger partial charge >= 0.3 is 6.03 Å². The number of urea groups is 1. The van der Waals surface area contributed by atoms with E-state index in [9.17, 15) is 14.4 Å². The molecule has 2 aromatic rings. The molecule has 1 aliphatic carbocycles. The van der Waals surface area contributed by atoms with Crippen LogP contribution in [-0.2, 0) is 9.59 Å². The van der Waals surface area contributed by atoms with Crippen molar-refractivity contribution in [2.45, 2.75) is 64.3 Å². The average molecular weight is 425 g/mol. The molecule has 1 saturated carbocycles. The van der Waals surface area contributed by atoms with E-state index in [4.69, 9.17) is 4.52 Å². The maximum atomic E-state index is 12.9. The third-order valence-corrected chi connectivity index (χ3v) is 5.98. The van der Waals surface area contributed by atoms with E-state index in [0.717, 1.165) is 29.7 Å². The molecule has 1 saturated heterocycles. The number of hydrogen-bond acceptors (Lipinski definition) is 6. The van der Waals surface area contributed by atoms with Crippen molar-refractivity contribution in [3.05, 3.63) is 29.6 Å². The fraction of sp³-hybridized carbons (Fsp3) is 0.500. The van der Waals surface area contributed by atoms with Crippen molar-refractivity contribution in [1.82, 2.24) is 20.4 Å². The molecule has 1 aliphatic heterocycles. The molecule has 0 bridgehead atoms. The van der Waals surface area contributed by atoms with Crippen LogP contribution < -0.4 is 10.6 Å². The van der Waals surface area contributed by atoms with Crippen molar-refractivity contribution in [2.75, 3.05) is 11.9 Å². The van der Waals surface area contributed by atoms with Gasteiger partial charge in [-0.2, -0.15) is 4.98 Å². The fourth-order valence-corrected chi connectivity index (χ4v) is 4.23. The van der Waals surface area contributed by atoms with E-state index < -0.39 is 17.5 Å². The number of para-hydroxylation sites is 1. The number of carbonyl (C=O) groups is 3. The van der Waals surface area contributed by atoms with E-state index in [1.54, 1.807) is 6.07 Å². The zero-order valence-electron chi connectivity index (χ0n) is 18.0. The summed E-state index contributed by atoms with van der Waals surface area (Å²) in [5.74, 6) is 0.211. The van der Waals surface area contributed by atoms with Gasteiger partial charge in [0.15, 0.2) is 5.82 Å². The van der Waals surface area contributed by atoms with Gasteiger partial charge in [-0.25, -0.2) is 4.79 Å². The number of carbonyl (C=O) groups excluding carboxylic acids is 3.